The number of nitrogens with one attached hydrogen (secondary N) is 1. The number of halogens is 1. The number of hydrogen-bond donors (Lipinski definition) is 1. The molecule has 136 valence electrons. The summed E-state index contributed by atoms with van der Waals surface area (Å²) in [7, 11) is 0. The predicted molar refractivity (Wildman–Crippen MR) is 97.3 cm³/mol. The molecule has 26 heavy (non-hydrogen) atoms. The minimum Gasteiger partial charge on any atom is -0.325 e. The van der Waals surface area contributed by atoms with Crippen LogP contribution < -0.4 is 10.2 Å². The second-order valence-electron chi connectivity index (χ2n) is 6.53. The molecule has 2 aromatic rings. The largest absolute Gasteiger partial charge is 0.326 e. The van der Waals surface area contributed by atoms with Crippen molar-refractivity contribution in [3.05, 3.63) is 54.0 Å². The van der Waals surface area contributed by atoms with Crippen LogP contribution in [0.1, 0.15) is 19.4 Å². The zero-order valence-corrected chi connectivity index (χ0v) is 14.8. The van der Waals surface area contributed by atoms with Crippen LogP contribution in [0, 0.1) is 11.7 Å². The average Bonchev–Trinajstić information content (AvgIpc) is 2.98. The third-order valence-corrected chi connectivity index (χ3v) is 4.20. The van der Waals surface area contributed by atoms with Crippen molar-refractivity contribution in [3.63, 3.8) is 0 Å². The molecule has 3 rings (SSSR count). The van der Waals surface area contributed by atoms with Crippen LogP contribution in [0.3, 0.4) is 0 Å². The summed E-state index contributed by atoms with van der Waals surface area (Å²) in [6.45, 7) is 5.16. The first-order valence-corrected chi connectivity index (χ1v) is 8.52. The maximum atomic E-state index is 13.0. The number of pyridine rings is 1. The van der Waals surface area contributed by atoms with E-state index in [0.717, 1.165) is 5.56 Å². The SMILES string of the molecule is CC(C)C(=O)Nc1ccc(N2CCN(Cc3ccc(F)cc3)C2=O)nc1. The van der Waals surface area contributed by atoms with E-state index in [1.54, 1.807) is 40.3 Å². The lowest BCUT2D eigenvalue weighted by Crippen LogP contribution is -2.32. The van der Waals surface area contributed by atoms with Gasteiger partial charge in [0.05, 0.1) is 11.9 Å². The van der Waals surface area contributed by atoms with Gasteiger partial charge in [-0.25, -0.2) is 14.2 Å². The molecule has 0 aliphatic carbocycles. The Bertz CT molecular complexity index is 790. The Hall–Kier alpha value is -2.96. The van der Waals surface area contributed by atoms with E-state index >= 15 is 0 Å². The van der Waals surface area contributed by atoms with Crippen molar-refractivity contribution in [2.75, 3.05) is 23.3 Å². The standard InChI is InChI=1S/C19H21FN4O2/c1-13(2)18(25)22-16-7-8-17(21-11-16)24-10-9-23(19(24)26)12-14-3-5-15(20)6-4-14/h3-8,11,13H,9-10,12H2,1-2H3,(H,22,25). The molecule has 0 spiro atoms. The number of rotatable bonds is 5. The smallest absolute Gasteiger partial charge is 0.325 e. The molecule has 6 nitrogen and oxygen atoms in total. The molecule has 3 amide bonds. The maximum Gasteiger partial charge on any atom is 0.326 e. The number of hydrogen-bond acceptors (Lipinski definition) is 3. The van der Waals surface area contributed by atoms with Gasteiger partial charge in [0, 0.05) is 25.6 Å². The third-order valence-electron chi connectivity index (χ3n) is 4.20. The van der Waals surface area contributed by atoms with Crippen LogP contribution in [0.2, 0.25) is 0 Å². The summed E-state index contributed by atoms with van der Waals surface area (Å²) < 4.78 is 13.0. The highest BCUT2D eigenvalue weighted by Gasteiger charge is 2.30. The van der Waals surface area contributed by atoms with Crippen LogP contribution in [0.15, 0.2) is 42.6 Å². The summed E-state index contributed by atoms with van der Waals surface area (Å²) in [6, 6.07) is 9.44. The summed E-state index contributed by atoms with van der Waals surface area (Å²) in [6.07, 6.45) is 1.55. The molecule has 1 aliphatic heterocycles. The van der Waals surface area contributed by atoms with Gasteiger partial charge in [-0.1, -0.05) is 26.0 Å². The van der Waals surface area contributed by atoms with E-state index in [4.69, 9.17) is 0 Å². The Morgan fingerprint density at radius 3 is 2.54 bits per heavy atom. The van der Waals surface area contributed by atoms with E-state index in [2.05, 4.69) is 10.3 Å². The van der Waals surface area contributed by atoms with E-state index in [9.17, 15) is 14.0 Å². The van der Waals surface area contributed by atoms with Gasteiger partial charge in [0.15, 0.2) is 0 Å². The molecule has 0 unspecified atom stereocenters. The molecular weight excluding hydrogens is 335 g/mol. The first kappa shape index (κ1) is 17.8. The van der Waals surface area contributed by atoms with E-state index in [-0.39, 0.29) is 23.7 Å². The lowest BCUT2D eigenvalue weighted by atomic mass is 10.2. The molecule has 0 atom stereocenters. The third kappa shape index (κ3) is 3.99. The van der Waals surface area contributed by atoms with Crippen molar-refractivity contribution < 1.29 is 14.0 Å². The van der Waals surface area contributed by atoms with Crippen LogP contribution in [0.25, 0.3) is 0 Å². The number of benzene rings is 1. The van der Waals surface area contributed by atoms with Crippen LogP contribution in [-0.2, 0) is 11.3 Å². The fraction of sp³-hybridized carbons (Fsp3) is 0.316. The molecule has 0 radical (unpaired) electrons. The summed E-state index contributed by atoms with van der Waals surface area (Å²) in [5, 5.41) is 2.77. The Morgan fingerprint density at radius 1 is 1.19 bits per heavy atom. The van der Waals surface area contributed by atoms with E-state index < -0.39 is 0 Å². The lowest BCUT2D eigenvalue weighted by molar-refractivity contribution is -0.118. The van der Waals surface area contributed by atoms with Gasteiger partial charge in [0.1, 0.15) is 11.6 Å². The van der Waals surface area contributed by atoms with Crippen molar-refractivity contribution in [2.24, 2.45) is 5.92 Å². The van der Waals surface area contributed by atoms with Gasteiger partial charge in [0.2, 0.25) is 5.91 Å². The first-order chi connectivity index (χ1) is 12.4. The number of aromatic nitrogens is 1. The second-order valence-corrected chi connectivity index (χ2v) is 6.53. The van der Waals surface area contributed by atoms with Crippen molar-refractivity contribution >= 4 is 23.4 Å². The molecular formula is C19H21FN4O2. The fourth-order valence-corrected chi connectivity index (χ4v) is 2.66. The molecule has 0 bridgehead atoms. The quantitative estimate of drug-likeness (QED) is 0.894. The highest BCUT2D eigenvalue weighted by Crippen LogP contribution is 2.21. The van der Waals surface area contributed by atoms with Crippen LogP contribution in [0.5, 0.6) is 0 Å². The molecule has 7 heteroatoms. The molecule has 1 N–H and O–H groups in total. The number of urea groups is 1. The van der Waals surface area contributed by atoms with Crippen LogP contribution in [0.4, 0.5) is 20.7 Å². The number of carbonyl (C=O) groups excluding carboxylic acids is 2. The van der Waals surface area contributed by atoms with Gasteiger partial charge in [-0.2, -0.15) is 0 Å². The minimum absolute atomic E-state index is 0.0812. The van der Waals surface area contributed by atoms with Gasteiger partial charge in [0.25, 0.3) is 0 Å². The van der Waals surface area contributed by atoms with Gasteiger partial charge >= 0.3 is 6.03 Å². The highest BCUT2D eigenvalue weighted by atomic mass is 19.1. The summed E-state index contributed by atoms with van der Waals surface area (Å²) in [5.41, 5.74) is 1.48. The normalized spacial score (nSPS) is 14.2. The maximum absolute atomic E-state index is 13.0. The van der Waals surface area contributed by atoms with Crippen molar-refractivity contribution in [3.8, 4) is 0 Å². The molecule has 0 saturated carbocycles. The fourth-order valence-electron chi connectivity index (χ4n) is 2.66. The van der Waals surface area contributed by atoms with E-state index in [0.29, 0.717) is 31.1 Å². The lowest BCUT2D eigenvalue weighted by Gasteiger charge is -2.18. The van der Waals surface area contributed by atoms with E-state index in [1.807, 2.05) is 13.8 Å². The molecule has 1 aromatic carbocycles. The average molecular weight is 356 g/mol. The minimum atomic E-state index is -0.294. The van der Waals surface area contributed by atoms with Gasteiger partial charge in [-0.3, -0.25) is 9.69 Å². The van der Waals surface area contributed by atoms with Gasteiger partial charge in [-0.05, 0) is 29.8 Å². The van der Waals surface area contributed by atoms with E-state index in [1.165, 1.54) is 12.1 Å². The monoisotopic (exact) mass is 356 g/mol. The van der Waals surface area contributed by atoms with Gasteiger partial charge in [-0.15, -0.1) is 0 Å². The summed E-state index contributed by atoms with van der Waals surface area (Å²) in [5.74, 6) is 0.0493. The number of amides is 3. The van der Waals surface area contributed by atoms with Crippen LogP contribution in [-0.4, -0.2) is 34.9 Å². The topological polar surface area (TPSA) is 65.5 Å². The number of nitrogens with zero attached hydrogens (tertiary/aromatic N) is 3. The molecule has 1 fully saturated rings. The van der Waals surface area contributed by atoms with Gasteiger partial charge < -0.3 is 10.2 Å². The predicted octanol–water partition coefficient (Wildman–Crippen LogP) is 3.26. The first-order valence-electron chi connectivity index (χ1n) is 8.52. The Labute approximate surface area is 151 Å². The van der Waals surface area contributed by atoms with Crippen molar-refractivity contribution in [1.82, 2.24) is 9.88 Å². The Balaban J connectivity index is 1.64. The molecule has 1 saturated heterocycles. The molecule has 2 heterocycles. The highest BCUT2D eigenvalue weighted by molar-refractivity contribution is 5.94. The molecule has 1 aromatic heterocycles. The summed E-state index contributed by atoms with van der Waals surface area (Å²) >= 11 is 0. The Morgan fingerprint density at radius 2 is 1.92 bits per heavy atom. The number of carbonyl (C=O) groups is 2. The zero-order valence-electron chi connectivity index (χ0n) is 14.8. The second kappa shape index (κ2) is 7.51. The molecule has 1 aliphatic rings. The zero-order chi connectivity index (χ0) is 18.7. The Kier molecular flexibility index (Phi) is 5.16. The van der Waals surface area contributed by atoms with Crippen LogP contribution >= 0.6 is 0 Å². The van der Waals surface area contributed by atoms with Crippen molar-refractivity contribution in [2.45, 2.75) is 20.4 Å². The summed E-state index contributed by atoms with van der Waals surface area (Å²) in [4.78, 5) is 31.9. The van der Waals surface area contributed by atoms with Crippen molar-refractivity contribution in [1.29, 1.82) is 0 Å². The number of anilines is 2.